The molecule has 11 nitrogen and oxygen atoms in total. The van der Waals surface area contributed by atoms with Gasteiger partial charge in [-0.2, -0.15) is 0 Å². The maximum absolute atomic E-state index is 13.0. The van der Waals surface area contributed by atoms with Gasteiger partial charge in [-0.05, 0) is 30.3 Å². The molecule has 5 rings (SSSR count). The van der Waals surface area contributed by atoms with Crippen LogP contribution < -0.4 is 9.64 Å². The van der Waals surface area contributed by atoms with Crippen molar-refractivity contribution in [3.63, 3.8) is 0 Å². The third-order valence-electron chi connectivity index (χ3n) is 5.53. The van der Waals surface area contributed by atoms with Crippen LogP contribution in [0.2, 0.25) is 0 Å². The minimum Gasteiger partial charge on any atom is -0.496 e. The van der Waals surface area contributed by atoms with Crippen LogP contribution in [0.3, 0.4) is 0 Å². The molecule has 1 aliphatic heterocycles. The van der Waals surface area contributed by atoms with Gasteiger partial charge in [0.05, 0.1) is 38.4 Å². The number of nitro benzene ring substituents is 2. The SMILES string of the molecule is COc1ccc([N+](=O)[O-])cc1CSc1nc2ccc(N3C(=O)c4cccc([N+](=O)[O-])c4C3=O)cc2s1. The predicted molar refractivity (Wildman–Crippen MR) is 133 cm³/mol. The van der Waals surface area contributed by atoms with Crippen molar-refractivity contribution >= 4 is 62.2 Å². The molecule has 0 unspecified atom stereocenters. The van der Waals surface area contributed by atoms with Crippen LogP contribution in [-0.2, 0) is 5.75 Å². The molecular formula is C23H14N4O7S2. The van der Waals surface area contributed by atoms with Crippen molar-refractivity contribution in [1.82, 2.24) is 4.98 Å². The summed E-state index contributed by atoms with van der Waals surface area (Å²) in [5.74, 6) is -0.482. The lowest BCUT2D eigenvalue weighted by atomic mass is 10.1. The maximum Gasteiger partial charge on any atom is 0.283 e. The number of carbonyl (C=O) groups is 2. The fourth-order valence-corrected chi connectivity index (χ4v) is 5.96. The van der Waals surface area contributed by atoms with Crippen LogP contribution in [0.25, 0.3) is 10.2 Å². The number of benzene rings is 3. The standard InChI is InChI=1S/C23H14N4O7S2/c1-34-18-8-6-14(26(30)31)9-12(18)11-35-23-24-16-7-5-13(10-19(16)36-23)25-21(28)15-3-2-4-17(27(32)33)20(15)22(25)29/h2-10H,11H2,1H3. The number of aromatic nitrogens is 1. The monoisotopic (exact) mass is 522 g/mol. The normalized spacial score (nSPS) is 12.8. The zero-order chi connectivity index (χ0) is 25.6. The second kappa shape index (κ2) is 9.02. The molecule has 0 fully saturated rings. The molecule has 180 valence electrons. The number of amides is 2. The van der Waals surface area contributed by atoms with Gasteiger partial charge in [0, 0.05) is 29.5 Å². The number of nitro groups is 2. The van der Waals surface area contributed by atoms with Crippen molar-refractivity contribution in [2.75, 3.05) is 12.0 Å². The summed E-state index contributed by atoms with van der Waals surface area (Å²) < 4.78 is 6.68. The zero-order valence-corrected chi connectivity index (χ0v) is 20.0. The number of fused-ring (bicyclic) bond motifs is 2. The van der Waals surface area contributed by atoms with Gasteiger partial charge < -0.3 is 4.74 Å². The Balaban J connectivity index is 1.42. The number of carbonyl (C=O) groups excluding carboxylic acids is 2. The number of thiazole rings is 1. The lowest BCUT2D eigenvalue weighted by molar-refractivity contribution is -0.385. The van der Waals surface area contributed by atoms with E-state index in [-0.39, 0.29) is 22.5 Å². The van der Waals surface area contributed by atoms with Crippen LogP contribution in [0, 0.1) is 20.2 Å². The first-order valence-corrected chi connectivity index (χ1v) is 12.1. The number of nitrogens with zero attached hydrogens (tertiary/aromatic N) is 4. The van der Waals surface area contributed by atoms with E-state index in [1.165, 1.54) is 60.5 Å². The van der Waals surface area contributed by atoms with Crippen molar-refractivity contribution in [2.45, 2.75) is 10.1 Å². The van der Waals surface area contributed by atoms with Crippen molar-refractivity contribution in [3.8, 4) is 5.75 Å². The van der Waals surface area contributed by atoms with Crippen LogP contribution >= 0.6 is 23.1 Å². The highest BCUT2D eigenvalue weighted by Crippen LogP contribution is 2.38. The van der Waals surface area contributed by atoms with Gasteiger partial charge >= 0.3 is 0 Å². The summed E-state index contributed by atoms with van der Waals surface area (Å²) in [5, 5.41) is 22.5. The molecule has 1 aromatic heterocycles. The van der Waals surface area contributed by atoms with Crippen LogP contribution in [-0.4, -0.2) is 33.8 Å². The number of ether oxygens (including phenoxy) is 1. The zero-order valence-electron chi connectivity index (χ0n) is 18.4. The molecule has 0 bridgehead atoms. The molecule has 0 saturated heterocycles. The Bertz CT molecular complexity index is 1600. The van der Waals surface area contributed by atoms with E-state index in [1.54, 1.807) is 24.3 Å². The Morgan fingerprint density at radius 1 is 1.03 bits per heavy atom. The molecule has 1 aliphatic rings. The number of thioether (sulfide) groups is 1. The Morgan fingerprint density at radius 3 is 2.56 bits per heavy atom. The van der Waals surface area contributed by atoms with E-state index >= 15 is 0 Å². The first-order chi connectivity index (χ1) is 17.3. The van der Waals surface area contributed by atoms with E-state index in [2.05, 4.69) is 4.98 Å². The third kappa shape index (κ3) is 3.93. The fourth-order valence-electron chi connectivity index (χ4n) is 3.88. The van der Waals surface area contributed by atoms with Crippen molar-refractivity contribution in [2.24, 2.45) is 0 Å². The molecule has 0 radical (unpaired) electrons. The Morgan fingerprint density at radius 2 is 1.83 bits per heavy atom. The van der Waals surface area contributed by atoms with Gasteiger partial charge in [0.15, 0.2) is 4.34 Å². The Kier molecular flexibility index (Phi) is 5.86. The van der Waals surface area contributed by atoms with Crippen LogP contribution in [0.5, 0.6) is 5.75 Å². The number of non-ortho nitro benzene ring substituents is 1. The van der Waals surface area contributed by atoms with E-state index in [4.69, 9.17) is 4.74 Å². The quantitative estimate of drug-likeness (QED) is 0.138. The number of anilines is 1. The molecule has 13 heteroatoms. The summed E-state index contributed by atoms with van der Waals surface area (Å²) >= 11 is 2.69. The summed E-state index contributed by atoms with van der Waals surface area (Å²) in [5.41, 5.74) is 0.872. The number of imide groups is 1. The number of hydrogen-bond donors (Lipinski definition) is 0. The first kappa shape index (κ1) is 23.4. The van der Waals surface area contributed by atoms with Gasteiger partial charge in [0.25, 0.3) is 23.2 Å². The molecule has 3 aromatic carbocycles. The summed E-state index contributed by atoms with van der Waals surface area (Å²) in [6.45, 7) is 0. The second-order valence-corrected chi connectivity index (χ2v) is 9.83. The molecule has 4 aromatic rings. The summed E-state index contributed by atoms with van der Waals surface area (Å²) in [4.78, 5) is 52.7. The first-order valence-electron chi connectivity index (χ1n) is 10.3. The van der Waals surface area contributed by atoms with Crippen LogP contribution in [0.4, 0.5) is 17.1 Å². The lowest BCUT2D eigenvalue weighted by Crippen LogP contribution is -2.29. The Labute approximate surface area is 210 Å². The van der Waals surface area contributed by atoms with Crippen LogP contribution in [0.15, 0.2) is 58.9 Å². The van der Waals surface area contributed by atoms with E-state index < -0.39 is 27.3 Å². The topological polar surface area (TPSA) is 146 Å². The number of rotatable bonds is 7. The molecule has 0 N–H and O–H groups in total. The van der Waals surface area contributed by atoms with Gasteiger partial charge in [-0.1, -0.05) is 17.8 Å². The second-order valence-electron chi connectivity index (χ2n) is 7.58. The highest BCUT2D eigenvalue weighted by molar-refractivity contribution is 8.00. The average Bonchev–Trinajstić information content (AvgIpc) is 3.39. The van der Waals surface area contributed by atoms with E-state index in [1.807, 2.05) is 0 Å². The van der Waals surface area contributed by atoms with Crippen LogP contribution in [0.1, 0.15) is 26.3 Å². The summed E-state index contributed by atoms with van der Waals surface area (Å²) in [6, 6.07) is 13.2. The smallest absolute Gasteiger partial charge is 0.283 e. The minimum atomic E-state index is -0.751. The average molecular weight is 523 g/mol. The van der Waals surface area contributed by atoms with Crippen molar-refractivity contribution in [1.29, 1.82) is 0 Å². The summed E-state index contributed by atoms with van der Waals surface area (Å²) in [7, 11) is 1.49. The lowest BCUT2D eigenvalue weighted by Gasteiger charge is -2.13. The highest BCUT2D eigenvalue weighted by atomic mass is 32.2. The van der Waals surface area contributed by atoms with Gasteiger partial charge in [-0.25, -0.2) is 9.88 Å². The molecule has 0 saturated carbocycles. The molecular weight excluding hydrogens is 508 g/mol. The number of hydrogen-bond acceptors (Lipinski definition) is 10. The maximum atomic E-state index is 13.0. The molecule has 0 atom stereocenters. The third-order valence-corrected chi connectivity index (χ3v) is 7.74. The van der Waals surface area contributed by atoms with Gasteiger partial charge in [0.2, 0.25) is 0 Å². The highest BCUT2D eigenvalue weighted by Gasteiger charge is 2.41. The van der Waals surface area contributed by atoms with E-state index in [9.17, 15) is 29.8 Å². The van der Waals surface area contributed by atoms with Gasteiger partial charge in [-0.15, -0.1) is 11.3 Å². The molecule has 36 heavy (non-hydrogen) atoms. The number of methoxy groups -OCH3 is 1. The predicted octanol–water partition coefficient (Wildman–Crippen LogP) is 5.21. The molecule has 2 amide bonds. The van der Waals surface area contributed by atoms with E-state index in [0.29, 0.717) is 31.6 Å². The van der Waals surface area contributed by atoms with E-state index in [0.717, 1.165) is 4.90 Å². The van der Waals surface area contributed by atoms with Crippen molar-refractivity contribution in [3.05, 3.63) is 91.5 Å². The molecule has 0 aliphatic carbocycles. The minimum absolute atomic E-state index is 0.0132. The molecule has 0 spiro atoms. The van der Waals surface area contributed by atoms with Gasteiger partial charge in [-0.3, -0.25) is 29.8 Å². The van der Waals surface area contributed by atoms with Gasteiger partial charge in [0.1, 0.15) is 11.3 Å². The molecule has 2 heterocycles. The largest absolute Gasteiger partial charge is 0.496 e. The Hall–Kier alpha value is -4.36. The fraction of sp³-hybridized carbons (Fsp3) is 0.0870. The summed E-state index contributed by atoms with van der Waals surface area (Å²) in [6.07, 6.45) is 0. The van der Waals surface area contributed by atoms with Crippen molar-refractivity contribution < 1.29 is 24.2 Å².